The van der Waals surface area contributed by atoms with Crippen LogP contribution in [0.1, 0.15) is 46.5 Å². The summed E-state index contributed by atoms with van der Waals surface area (Å²) >= 11 is 0. The Hall–Kier alpha value is -1.72. The number of ether oxygens (including phenoxy) is 1. The van der Waals surface area contributed by atoms with Crippen molar-refractivity contribution < 1.29 is 24.5 Å². The average molecular weight is 364 g/mol. The van der Waals surface area contributed by atoms with Gasteiger partial charge in [-0.25, -0.2) is 0 Å². The Morgan fingerprint density at radius 1 is 1.38 bits per heavy atom. The van der Waals surface area contributed by atoms with E-state index in [9.17, 15) is 14.7 Å². The minimum Gasteiger partial charge on any atom is -0.481 e. The second kappa shape index (κ2) is 11.1. The topological polar surface area (TPSA) is 83.8 Å². The van der Waals surface area contributed by atoms with Crippen LogP contribution in [0, 0.1) is 17.3 Å². The summed E-state index contributed by atoms with van der Waals surface area (Å²) in [6.07, 6.45) is 12.5. The van der Waals surface area contributed by atoms with Crippen LogP contribution in [-0.4, -0.2) is 41.3 Å². The van der Waals surface area contributed by atoms with E-state index in [4.69, 9.17) is 9.84 Å². The Bertz CT molecular complexity index is 545. The molecule has 0 aliphatic heterocycles. The van der Waals surface area contributed by atoms with Crippen LogP contribution in [0.4, 0.5) is 0 Å². The van der Waals surface area contributed by atoms with E-state index >= 15 is 0 Å². The predicted molar refractivity (Wildman–Crippen MR) is 102 cm³/mol. The van der Waals surface area contributed by atoms with Gasteiger partial charge in [0.1, 0.15) is 0 Å². The maximum atomic E-state index is 12.1. The summed E-state index contributed by atoms with van der Waals surface area (Å²) in [5, 5.41) is 19.0. The van der Waals surface area contributed by atoms with Crippen LogP contribution in [0.25, 0.3) is 0 Å². The lowest BCUT2D eigenvalue weighted by Crippen LogP contribution is -2.32. The number of unbranched alkanes of at least 4 members (excludes halogenated alkanes) is 1. The Morgan fingerprint density at radius 2 is 2.12 bits per heavy atom. The molecule has 0 aromatic rings. The van der Waals surface area contributed by atoms with E-state index in [0.29, 0.717) is 32.5 Å². The van der Waals surface area contributed by atoms with Crippen molar-refractivity contribution in [1.29, 1.82) is 0 Å². The molecular weight excluding hydrogens is 332 g/mol. The smallest absolute Gasteiger partial charge is 0.303 e. The molecule has 0 heterocycles. The highest BCUT2D eigenvalue weighted by molar-refractivity contribution is 5.95. The molecule has 26 heavy (non-hydrogen) atoms. The zero-order valence-electron chi connectivity index (χ0n) is 16.1. The van der Waals surface area contributed by atoms with Crippen molar-refractivity contribution in [2.45, 2.75) is 52.6 Å². The third-order valence-electron chi connectivity index (χ3n) is 4.63. The molecule has 0 aromatic carbocycles. The van der Waals surface area contributed by atoms with E-state index in [1.54, 1.807) is 12.2 Å². The van der Waals surface area contributed by atoms with Crippen molar-refractivity contribution in [2.75, 3.05) is 13.2 Å². The highest BCUT2D eigenvalue weighted by Gasteiger charge is 2.29. The number of carboxylic acids is 1. The van der Waals surface area contributed by atoms with Gasteiger partial charge in [0.25, 0.3) is 0 Å². The van der Waals surface area contributed by atoms with Gasteiger partial charge in [0.2, 0.25) is 0 Å². The van der Waals surface area contributed by atoms with Gasteiger partial charge in [-0.15, -0.1) is 0 Å². The van der Waals surface area contributed by atoms with Crippen molar-refractivity contribution in [3.8, 4) is 0 Å². The maximum Gasteiger partial charge on any atom is 0.303 e. The summed E-state index contributed by atoms with van der Waals surface area (Å²) < 4.78 is 5.42. The molecule has 3 atom stereocenters. The molecule has 0 fully saturated rings. The Labute approximate surface area is 156 Å². The van der Waals surface area contributed by atoms with Gasteiger partial charge in [0.15, 0.2) is 5.78 Å². The Balaban J connectivity index is 2.54. The third kappa shape index (κ3) is 7.67. The van der Waals surface area contributed by atoms with E-state index in [-0.39, 0.29) is 24.0 Å². The van der Waals surface area contributed by atoms with Gasteiger partial charge in [-0.2, -0.15) is 0 Å². The number of carbonyl (C=O) groups excluding carboxylic acids is 1. The van der Waals surface area contributed by atoms with Crippen LogP contribution in [0.2, 0.25) is 0 Å². The quantitative estimate of drug-likeness (QED) is 0.409. The lowest BCUT2D eigenvalue weighted by molar-refractivity contribution is -0.137. The van der Waals surface area contributed by atoms with Crippen LogP contribution in [0.15, 0.2) is 36.5 Å². The maximum absolute atomic E-state index is 12.1. The first kappa shape index (κ1) is 22.3. The van der Waals surface area contributed by atoms with Crippen molar-refractivity contribution >= 4 is 11.8 Å². The SMILES string of the molecule is CCOCC(C)(C)[C@H](O)/C=C\[C@H]1C=CC(=O)[C@@H]1C/C=C/CCCC(=O)O. The van der Waals surface area contributed by atoms with Crippen LogP contribution >= 0.6 is 0 Å². The lowest BCUT2D eigenvalue weighted by atomic mass is 9.85. The standard InChI is InChI=1S/C21H32O5/c1-4-26-15-21(2,3)19(23)14-12-16-11-13-18(22)17(16)9-7-5-6-8-10-20(24)25/h5,7,11-14,16-17,19,23H,4,6,8-10,15H2,1-3H3,(H,24,25)/b7-5+,14-12-/t16-,17-,19-/m1/s1. The van der Waals surface area contributed by atoms with E-state index in [0.717, 1.165) is 0 Å². The van der Waals surface area contributed by atoms with Crippen molar-refractivity contribution in [3.05, 3.63) is 36.5 Å². The first-order valence-electron chi connectivity index (χ1n) is 9.31. The van der Waals surface area contributed by atoms with Crippen LogP contribution < -0.4 is 0 Å². The summed E-state index contributed by atoms with van der Waals surface area (Å²) in [5.41, 5.74) is -0.390. The Kier molecular flexibility index (Phi) is 9.52. The minimum atomic E-state index is -0.787. The molecule has 1 aliphatic carbocycles. The molecule has 1 aliphatic rings. The fourth-order valence-corrected chi connectivity index (χ4v) is 2.80. The summed E-state index contributed by atoms with van der Waals surface area (Å²) in [6.45, 7) is 6.90. The molecule has 0 saturated carbocycles. The fraction of sp³-hybridized carbons (Fsp3) is 0.619. The number of ketones is 1. The van der Waals surface area contributed by atoms with Crippen LogP contribution in [0.3, 0.4) is 0 Å². The normalized spacial score (nSPS) is 21.9. The van der Waals surface area contributed by atoms with Crippen molar-refractivity contribution in [1.82, 2.24) is 0 Å². The number of hydrogen-bond acceptors (Lipinski definition) is 4. The van der Waals surface area contributed by atoms with Crippen LogP contribution in [0.5, 0.6) is 0 Å². The number of hydrogen-bond donors (Lipinski definition) is 2. The molecule has 0 unspecified atom stereocenters. The molecule has 0 saturated heterocycles. The number of allylic oxidation sites excluding steroid dienone is 5. The first-order chi connectivity index (χ1) is 12.3. The van der Waals surface area contributed by atoms with Gasteiger partial charge in [-0.3, -0.25) is 9.59 Å². The van der Waals surface area contributed by atoms with E-state index in [1.165, 1.54) is 0 Å². The second-order valence-electron chi connectivity index (χ2n) is 7.39. The minimum absolute atomic E-state index is 0.0243. The molecule has 0 amide bonds. The molecule has 0 spiro atoms. The number of carbonyl (C=O) groups is 2. The Morgan fingerprint density at radius 3 is 2.77 bits per heavy atom. The molecule has 5 heteroatoms. The molecule has 5 nitrogen and oxygen atoms in total. The van der Waals surface area contributed by atoms with Crippen molar-refractivity contribution in [2.24, 2.45) is 17.3 Å². The van der Waals surface area contributed by atoms with Gasteiger partial charge >= 0.3 is 5.97 Å². The molecule has 2 N–H and O–H groups in total. The summed E-state index contributed by atoms with van der Waals surface area (Å²) in [7, 11) is 0. The fourth-order valence-electron chi connectivity index (χ4n) is 2.80. The van der Waals surface area contributed by atoms with Gasteiger partial charge in [0, 0.05) is 30.3 Å². The number of aliphatic carboxylic acids is 1. The predicted octanol–water partition coefficient (Wildman–Crippen LogP) is 3.54. The highest BCUT2D eigenvalue weighted by atomic mass is 16.5. The van der Waals surface area contributed by atoms with Gasteiger partial charge < -0.3 is 14.9 Å². The number of aliphatic hydroxyl groups excluding tert-OH is 1. The molecule has 146 valence electrons. The largest absolute Gasteiger partial charge is 0.481 e. The first-order valence-corrected chi connectivity index (χ1v) is 9.31. The zero-order valence-corrected chi connectivity index (χ0v) is 16.1. The summed E-state index contributed by atoms with van der Waals surface area (Å²) in [5.74, 6) is -0.865. The van der Waals surface area contributed by atoms with Crippen LogP contribution in [-0.2, 0) is 14.3 Å². The summed E-state index contributed by atoms with van der Waals surface area (Å²) in [6, 6.07) is 0. The van der Waals surface area contributed by atoms with E-state index < -0.39 is 17.5 Å². The number of rotatable bonds is 12. The molecular formula is C21H32O5. The highest BCUT2D eigenvalue weighted by Crippen LogP contribution is 2.29. The third-order valence-corrected chi connectivity index (χ3v) is 4.63. The van der Waals surface area contributed by atoms with E-state index in [1.807, 2.05) is 45.1 Å². The molecule has 0 aromatic heterocycles. The van der Waals surface area contributed by atoms with Gasteiger partial charge in [0.05, 0.1) is 12.7 Å². The number of aliphatic hydroxyl groups is 1. The monoisotopic (exact) mass is 364 g/mol. The second-order valence-corrected chi connectivity index (χ2v) is 7.39. The van der Waals surface area contributed by atoms with Gasteiger partial charge in [-0.05, 0) is 32.3 Å². The lowest BCUT2D eigenvalue weighted by Gasteiger charge is -2.28. The molecule has 0 radical (unpaired) electrons. The zero-order chi connectivity index (χ0) is 19.6. The average Bonchev–Trinajstić information content (AvgIpc) is 2.93. The summed E-state index contributed by atoms with van der Waals surface area (Å²) in [4.78, 5) is 22.5. The van der Waals surface area contributed by atoms with E-state index in [2.05, 4.69) is 0 Å². The molecule has 1 rings (SSSR count). The van der Waals surface area contributed by atoms with Crippen molar-refractivity contribution in [3.63, 3.8) is 0 Å². The molecule has 0 bridgehead atoms. The van der Waals surface area contributed by atoms with Gasteiger partial charge in [-0.1, -0.05) is 44.2 Å². The number of carboxylic acid groups (broad SMARTS) is 1.